The van der Waals surface area contributed by atoms with E-state index in [4.69, 9.17) is 0 Å². The molecule has 1 heterocycles. The van der Waals surface area contributed by atoms with Crippen molar-refractivity contribution in [2.24, 2.45) is 0 Å². The number of H-pyrrole nitrogens is 1. The number of rotatable bonds is 4. The van der Waals surface area contributed by atoms with Crippen LogP contribution in [0.15, 0.2) is 17.1 Å². The van der Waals surface area contributed by atoms with Crippen molar-refractivity contribution in [2.75, 3.05) is 12.8 Å². The molecule has 2 rings (SSSR count). The summed E-state index contributed by atoms with van der Waals surface area (Å²) in [5.41, 5.74) is 1.17. The summed E-state index contributed by atoms with van der Waals surface area (Å²) in [5, 5.41) is 0.678. The molecule has 0 spiro atoms. The Labute approximate surface area is 124 Å². The monoisotopic (exact) mass is 294 g/mol. The van der Waals surface area contributed by atoms with Crippen molar-refractivity contribution in [1.82, 2.24) is 9.88 Å². The van der Waals surface area contributed by atoms with Crippen LogP contribution in [-0.2, 0) is 0 Å². The van der Waals surface area contributed by atoms with Crippen molar-refractivity contribution in [3.8, 4) is 0 Å². The van der Waals surface area contributed by atoms with Crippen molar-refractivity contribution in [2.45, 2.75) is 44.4 Å². The molecule has 0 bridgehead atoms. The molecule has 1 aromatic rings. The molecule has 5 heteroatoms. The number of amides is 1. The van der Waals surface area contributed by atoms with E-state index < -0.39 is 0 Å². The van der Waals surface area contributed by atoms with Crippen LogP contribution < -0.4 is 5.56 Å². The molecule has 4 nitrogen and oxygen atoms in total. The number of thioether (sulfide) groups is 1. The fraction of sp³-hybridized carbons (Fsp3) is 0.600. The smallest absolute Gasteiger partial charge is 0.255 e. The highest BCUT2D eigenvalue weighted by molar-refractivity contribution is 7.99. The van der Waals surface area contributed by atoms with Gasteiger partial charge in [-0.05, 0) is 37.5 Å². The Bertz CT molecular complexity index is 541. The minimum Gasteiger partial charge on any atom is -0.339 e. The second-order valence-corrected chi connectivity index (χ2v) is 6.93. The number of aromatic nitrogens is 1. The van der Waals surface area contributed by atoms with Gasteiger partial charge in [-0.15, -0.1) is 0 Å². The van der Waals surface area contributed by atoms with Crippen LogP contribution in [0.5, 0.6) is 0 Å². The predicted molar refractivity (Wildman–Crippen MR) is 83.5 cm³/mol. The number of carbonyl (C=O) groups is 1. The molecule has 0 aromatic carbocycles. The van der Waals surface area contributed by atoms with Gasteiger partial charge in [0.1, 0.15) is 0 Å². The topological polar surface area (TPSA) is 53.2 Å². The van der Waals surface area contributed by atoms with Crippen molar-refractivity contribution in [1.29, 1.82) is 0 Å². The Morgan fingerprint density at radius 2 is 2.25 bits per heavy atom. The maximum absolute atomic E-state index is 12.5. The average molecular weight is 294 g/mol. The first-order valence-electron chi connectivity index (χ1n) is 7.11. The maximum atomic E-state index is 12.5. The highest BCUT2D eigenvalue weighted by Gasteiger charge is 2.30. The third kappa shape index (κ3) is 3.26. The largest absolute Gasteiger partial charge is 0.339 e. The first-order chi connectivity index (χ1) is 9.52. The van der Waals surface area contributed by atoms with Crippen molar-refractivity contribution in [3.63, 3.8) is 0 Å². The Morgan fingerprint density at radius 1 is 1.50 bits per heavy atom. The van der Waals surface area contributed by atoms with Crippen molar-refractivity contribution in [3.05, 3.63) is 33.7 Å². The fourth-order valence-corrected chi connectivity index (χ4v) is 3.95. The average Bonchev–Trinajstić information content (AvgIpc) is 2.86. The molecule has 1 aromatic heterocycles. The molecule has 1 aliphatic rings. The van der Waals surface area contributed by atoms with Gasteiger partial charge in [-0.1, -0.05) is 6.92 Å². The molecule has 0 radical (unpaired) electrons. The van der Waals surface area contributed by atoms with Crippen molar-refractivity contribution < 1.29 is 4.79 Å². The number of hydrogen-bond donors (Lipinski definition) is 1. The highest BCUT2D eigenvalue weighted by atomic mass is 32.2. The van der Waals surface area contributed by atoms with Gasteiger partial charge in [-0.25, -0.2) is 0 Å². The van der Waals surface area contributed by atoms with Crippen LogP contribution in [0.4, 0.5) is 0 Å². The van der Waals surface area contributed by atoms with Gasteiger partial charge >= 0.3 is 0 Å². The zero-order valence-corrected chi connectivity index (χ0v) is 13.1. The summed E-state index contributed by atoms with van der Waals surface area (Å²) in [6.45, 7) is 3.98. The van der Waals surface area contributed by atoms with E-state index in [2.05, 4.69) is 11.9 Å². The van der Waals surface area contributed by atoms with Gasteiger partial charge in [0.05, 0.1) is 5.56 Å². The van der Waals surface area contributed by atoms with Gasteiger partial charge in [-0.2, -0.15) is 11.8 Å². The summed E-state index contributed by atoms with van der Waals surface area (Å²) < 4.78 is 0. The van der Waals surface area contributed by atoms with Crippen molar-refractivity contribution >= 4 is 17.7 Å². The first-order valence-corrected chi connectivity index (χ1v) is 8.16. The quantitative estimate of drug-likeness (QED) is 0.928. The second kappa shape index (κ2) is 6.48. The predicted octanol–water partition coefficient (Wildman–Crippen LogP) is 2.43. The summed E-state index contributed by atoms with van der Waals surface area (Å²) in [6.07, 6.45) is 4.86. The zero-order valence-electron chi connectivity index (χ0n) is 12.3. The lowest BCUT2D eigenvalue weighted by molar-refractivity contribution is 0.0734. The van der Waals surface area contributed by atoms with E-state index in [-0.39, 0.29) is 11.5 Å². The molecule has 0 saturated heterocycles. The summed E-state index contributed by atoms with van der Waals surface area (Å²) in [5.74, 6) is 1.14. The standard InChI is InChI=1S/C15H22N2O2S/c1-4-20-12-6-5-11(8-12)17(3)15(19)13-9-16-14(18)7-10(13)2/h7,9,11-12H,4-6,8H2,1-3H3,(H,16,18)/t11-,12-/m0/s1. The zero-order chi connectivity index (χ0) is 14.7. The number of aromatic amines is 1. The third-order valence-electron chi connectivity index (χ3n) is 3.99. The van der Waals surface area contributed by atoms with Gasteiger partial charge in [0, 0.05) is 30.6 Å². The lowest BCUT2D eigenvalue weighted by atomic mass is 10.1. The van der Waals surface area contributed by atoms with Crippen LogP contribution >= 0.6 is 11.8 Å². The summed E-state index contributed by atoms with van der Waals surface area (Å²) in [4.78, 5) is 28.2. The Kier molecular flexibility index (Phi) is 4.91. The number of hydrogen-bond acceptors (Lipinski definition) is 3. The summed E-state index contributed by atoms with van der Waals surface area (Å²) >= 11 is 1.99. The van der Waals surface area contributed by atoms with E-state index in [1.165, 1.54) is 18.7 Å². The minimum atomic E-state index is -0.165. The van der Waals surface area contributed by atoms with E-state index in [0.29, 0.717) is 16.9 Å². The van der Waals surface area contributed by atoms with Gasteiger partial charge in [0.2, 0.25) is 5.56 Å². The molecule has 1 amide bonds. The van der Waals surface area contributed by atoms with Crippen LogP contribution in [0.2, 0.25) is 0 Å². The number of nitrogens with one attached hydrogen (secondary N) is 1. The normalized spacial score (nSPS) is 21.9. The maximum Gasteiger partial charge on any atom is 0.255 e. The molecule has 20 heavy (non-hydrogen) atoms. The molecule has 1 saturated carbocycles. The van der Waals surface area contributed by atoms with E-state index >= 15 is 0 Å². The lowest BCUT2D eigenvalue weighted by Gasteiger charge is -2.25. The summed E-state index contributed by atoms with van der Waals surface area (Å²) in [7, 11) is 1.87. The Hall–Kier alpha value is -1.23. The van der Waals surface area contributed by atoms with Crippen LogP contribution in [-0.4, -0.2) is 39.9 Å². The highest BCUT2D eigenvalue weighted by Crippen LogP contribution is 2.32. The van der Waals surface area contributed by atoms with Gasteiger partial charge in [0.25, 0.3) is 5.91 Å². The van der Waals surface area contributed by atoms with Crippen LogP contribution in [0.25, 0.3) is 0 Å². The fourth-order valence-electron chi connectivity index (χ4n) is 2.82. The molecule has 110 valence electrons. The summed E-state index contributed by atoms with van der Waals surface area (Å²) in [6, 6.07) is 1.80. The Morgan fingerprint density at radius 3 is 2.90 bits per heavy atom. The number of carbonyl (C=O) groups excluding carboxylic acids is 1. The van der Waals surface area contributed by atoms with E-state index in [1.807, 2.05) is 23.7 Å². The van der Waals surface area contributed by atoms with E-state index in [0.717, 1.165) is 24.2 Å². The molecule has 1 fully saturated rings. The number of nitrogens with zero attached hydrogens (tertiary/aromatic N) is 1. The van der Waals surface area contributed by atoms with E-state index in [9.17, 15) is 9.59 Å². The molecular formula is C15H22N2O2S. The molecule has 0 aliphatic heterocycles. The van der Waals surface area contributed by atoms with Gasteiger partial charge < -0.3 is 9.88 Å². The molecule has 2 atom stereocenters. The molecule has 1 aliphatic carbocycles. The number of pyridine rings is 1. The van der Waals surface area contributed by atoms with Crippen LogP contribution in [0.3, 0.4) is 0 Å². The Balaban J connectivity index is 2.07. The SMILES string of the molecule is CCS[C@H]1CC[C@H](N(C)C(=O)c2c[nH]c(=O)cc2C)C1. The van der Waals surface area contributed by atoms with E-state index in [1.54, 1.807) is 6.92 Å². The minimum absolute atomic E-state index is 0.00546. The third-order valence-corrected chi connectivity index (χ3v) is 5.22. The van der Waals surface area contributed by atoms with Gasteiger partial charge in [-0.3, -0.25) is 9.59 Å². The lowest BCUT2D eigenvalue weighted by Crippen LogP contribution is -2.36. The molecule has 0 unspecified atom stereocenters. The first kappa shape index (κ1) is 15.2. The second-order valence-electron chi connectivity index (χ2n) is 5.35. The molecular weight excluding hydrogens is 272 g/mol. The van der Waals surface area contributed by atoms with Gasteiger partial charge in [0.15, 0.2) is 0 Å². The van der Waals surface area contributed by atoms with Crippen LogP contribution in [0, 0.1) is 6.92 Å². The number of aryl methyl sites for hydroxylation is 1. The van der Waals surface area contributed by atoms with Crippen LogP contribution in [0.1, 0.15) is 42.1 Å². The molecule has 1 N–H and O–H groups in total.